The molecule has 0 bridgehead atoms. The van der Waals surface area contributed by atoms with Crippen molar-refractivity contribution < 1.29 is 14.3 Å². The first-order chi connectivity index (χ1) is 7.13. The summed E-state index contributed by atoms with van der Waals surface area (Å²) in [6.07, 6.45) is -0.667. The summed E-state index contributed by atoms with van der Waals surface area (Å²) in [5.74, 6) is -0.346. The van der Waals surface area contributed by atoms with E-state index in [9.17, 15) is 9.59 Å². The number of hydrazine groups is 1. The van der Waals surface area contributed by atoms with Gasteiger partial charge in [-0.3, -0.25) is 10.2 Å². The van der Waals surface area contributed by atoms with E-state index in [-0.39, 0.29) is 12.5 Å². The molecule has 0 saturated heterocycles. The van der Waals surface area contributed by atoms with Gasteiger partial charge in [0.05, 0.1) is 11.5 Å². The van der Waals surface area contributed by atoms with E-state index in [1.165, 1.54) is 11.3 Å². The number of amides is 2. The van der Waals surface area contributed by atoms with E-state index in [0.29, 0.717) is 4.88 Å². The number of hydrogen-bond donors (Lipinski definition) is 2. The molecule has 1 aromatic rings. The first-order valence-corrected chi connectivity index (χ1v) is 5.24. The summed E-state index contributed by atoms with van der Waals surface area (Å²) in [4.78, 5) is 23.8. The second-order valence-electron chi connectivity index (χ2n) is 2.71. The molecule has 82 valence electrons. The molecule has 1 heterocycles. The SMILES string of the molecule is CCOC(=O)NNC(=O)c1ccc(C)s1. The summed E-state index contributed by atoms with van der Waals surface area (Å²) in [5, 5.41) is 0. The van der Waals surface area contributed by atoms with Crippen LogP contribution in [0.25, 0.3) is 0 Å². The third-order valence-corrected chi connectivity index (χ3v) is 2.52. The average Bonchev–Trinajstić information content (AvgIpc) is 2.62. The number of aryl methyl sites for hydroxylation is 1. The number of rotatable bonds is 2. The Morgan fingerprint density at radius 3 is 2.67 bits per heavy atom. The Hall–Kier alpha value is -1.56. The Morgan fingerprint density at radius 1 is 1.40 bits per heavy atom. The molecule has 0 spiro atoms. The molecule has 0 saturated carbocycles. The molecule has 0 aliphatic heterocycles. The van der Waals surface area contributed by atoms with Gasteiger partial charge in [0.2, 0.25) is 0 Å². The Kier molecular flexibility index (Phi) is 4.11. The molecular weight excluding hydrogens is 216 g/mol. The predicted molar refractivity (Wildman–Crippen MR) is 56.7 cm³/mol. The van der Waals surface area contributed by atoms with E-state index in [4.69, 9.17) is 0 Å². The van der Waals surface area contributed by atoms with Crippen LogP contribution < -0.4 is 10.9 Å². The van der Waals surface area contributed by atoms with Crippen LogP contribution in [-0.4, -0.2) is 18.6 Å². The molecule has 0 fully saturated rings. The number of hydrogen-bond acceptors (Lipinski definition) is 4. The van der Waals surface area contributed by atoms with Gasteiger partial charge in [-0.25, -0.2) is 10.2 Å². The molecule has 0 atom stereocenters. The second-order valence-corrected chi connectivity index (χ2v) is 4.00. The standard InChI is InChI=1S/C9H12N2O3S/c1-3-14-9(13)11-10-8(12)7-5-4-6(2)15-7/h4-5H,3H2,1-2H3,(H,10,12)(H,11,13). The number of nitrogens with one attached hydrogen (secondary N) is 2. The zero-order chi connectivity index (χ0) is 11.3. The summed E-state index contributed by atoms with van der Waals surface area (Å²) in [7, 11) is 0. The fraction of sp³-hybridized carbons (Fsp3) is 0.333. The fourth-order valence-corrected chi connectivity index (χ4v) is 1.66. The molecule has 1 rings (SSSR count). The molecule has 5 nitrogen and oxygen atoms in total. The van der Waals surface area contributed by atoms with Gasteiger partial charge in [0.15, 0.2) is 0 Å². The van der Waals surface area contributed by atoms with Crippen LogP contribution in [0.5, 0.6) is 0 Å². The molecule has 6 heteroatoms. The third-order valence-electron chi connectivity index (χ3n) is 1.52. The van der Waals surface area contributed by atoms with Crippen molar-refractivity contribution in [3.05, 3.63) is 21.9 Å². The smallest absolute Gasteiger partial charge is 0.426 e. The highest BCUT2D eigenvalue weighted by Gasteiger charge is 2.08. The molecule has 2 N–H and O–H groups in total. The van der Waals surface area contributed by atoms with Crippen LogP contribution in [0, 0.1) is 6.92 Å². The van der Waals surface area contributed by atoms with Crippen molar-refractivity contribution in [1.29, 1.82) is 0 Å². The number of ether oxygens (including phenoxy) is 1. The highest BCUT2D eigenvalue weighted by Crippen LogP contribution is 2.14. The van der Waals surface area contributed by atoms with Gasteiger partial charge >= 0.3 is 6.09 Å². The molecule has 0 unspecified atom stereocenters. The lowest BCUT2D eigenvalue weighted by molar-refractivity contribution is 0.0916. The van der Waals surface area contributed by atoms with E-state index >= 15 is 0 Å². The van der Waals surface area contributed by atoms with Gasteiger partial charge in [0, 0.05) is 4.88 Å². The van der Waals surface area contributed by atoms with Gasteiger partial charge in [-0.2, -0.15) is 0 Å². The van der Waals surface area contributed by atoms with Gasteiger partial charge in [-0.15, -0.1) is 11.3 Å². The van der Waals surface area contributed by atoms with E-state index in [2.05, 4.69) is 15.6 Å². The van der Waals surface area contributed by atoms with Crippen LogP contribution in [-0.2, 0) is 4.74 Å². The minimum atomic E-state index is -0.667. The molecule has 15 heavy (non-hydrogen) atoms. The fourth-order valence-electron chi connectivity index (χ4n) is 0.893. The van der Waals surface area contributed by atoms with E-state index in [0.717, 1.165) is 4.88 Å². The monoisotopic (exact) mass is 228 g/mol. The summed E-state index contributed by atoms with van der Waals surface area (Å²) < 4.78 is 4.57. The molecular formula is C9H12N2O3S. The third kappa shape index (κ3) is 3.59. The lowest BCUT2D eigenvalue weighted by atomic mass is 10.4. The lowest BCUT2D eigenvalue weighted by Gasteiger charge is -2.05. The van der Waals surface area contributed by atoms with Crippen molar-refractivity contribution >= 4 is 23.3 Å². The topological polar surface area (TPSA) is 67.4 Å². The molecule has 0 radical (unpaired) electrons. The quantitative estimate of drug-likeness (QED) is 0.753. The van der Waals surface area contributed by atoms with E-state index in [1.54, 1.807) is 13.0 Å². The Balaban J connectivity index is 2.40. The minimum absolute atomic E-state index is 0.264. The van der Waals surface area contributed by atoms with Gasteiger partial charge < -0.3 is 4.74 Å². The summed E-state index contributed by atoms with van der Waals surface area (Å²) >= 11 is 1.36. The largest absolute Gasteiger partial charge is 0.449 e. The summed E-state index contributed by atoms with van der Waals surface area (Å²) in [6.45, 7) is 3.85. The zero-order valence-electron chi connectivity index (χ0n) is 8.49. The number of carbonyl (C=O) groups is 2. The summed E-state index contributed by atoms with van der Waals surface area (Å²) in [5.41, 5.74) is 4.38. The molecule has 1 aromatic heterocycles. The van der Waals surface area contributed by atoms with Crippen LogP contribution in [0.3, 0.4) is 0 Å². The highest BCUT2D eigenvalue weighted by molar-refractivity contribution is 7.13. The van der Waals surface area contributed by atoms with Crippen LogP contribution in [0.4, 0.5) is 4.79 Å². The van der Waals surface area contributed by atoms with Crippen molar-refractivity contribution in [3.63, 3.8) is 0 Å². The Bertz CT molecular complexity index is 362. The van der Waals surface area contributed by atoms with E-state index in [1.807, 2.05) is 13.0 Å². The maximum absolute atomic E-state index is 11.4. The van der Waals surface area contributed by atoms with Crippen molar-refractivity contribution in [2.24, 2.45) is 0 Å². The first-order valence-electron chi connectivity index (χ1n) is 4.43. The Labute approximate surface area is 91.4 Å². The maximum atomic E-state index is 11.4. The average molecular weight is 228 g/mol. The highest BCUT2D eigenvalue weighted by atomic mass is 32.1. The van der Waals surface area contributed by atoms with Crippen molar-refractivity contribution in [2.75, 3.05) is 6.61 Å². The van der Waals surface area contributed by atoms with E-state index < -0.39 is 6.09 Å². The summed E-state index contributed by atoms with van der Waals surface area (Å²) in [6, 6.07) is 3.53. The Morgan fingerprint density at radius 2 is 2.13 bits per heavy atom. The van der Waals surface area contributed by atoms with Gasteiger partial charge in [0.1, 0.15) is 0 Å². The second kappa shape index (κ2) is 5.35. The van der Waals surface area contributed by atoms with Crippen LogP contribution in [0.1, 0.15) is 21.5 Å². The molecule has 0 aromatic carbocycles. The number of carbonyl (C=O) groups excluding carboxylic acids is 2. The zero-order valence-corrected chi connectivity index (χ0v) is 9.31. The van der Waals surface area contributed by atoms with Gasteiger partial charge in [0.25, 0.3) is 5.91 Å². The van der Waals surface area contributed by atoms with Crippen molar-refractivity contribution in [2.45, 2.75) is 13.8 Å². The van der Waals surface area contributed by atoms with Crippen LogP contribution in [0.15, 0.2) is 12.1 Å². The minimum Gasteiger partial charge on any atom is -0.449 e. The lowest BCUT2D eigenvalue weighted by Crippen LogP contribution is -2.41. The normalized spacial score (nSPS) is 9.47. The van der Waals surface area contributed by atoms with Crippen molar-refractivity contribution in [1.82, 2.24) is 10.9 Å². The number of thiophene rings is 1. The first kappa shape index (κ1) is 11.5. The maximum Gasteiger partial charge on any atom is 0.426 e. The van der Waals surface area contributed by atoms with Gasteiger partial charge in [-0.05, 0) is 26.0 Å². The predicted octanol–water partition coefficient (Wildman–Crippen LogP) is 1.45. The van der Waals surface area contributed by atoms with Crippen LogP contribution >= 0.6 is 11.3 Å². The van der Waals surface area contributed by atoms with Gasteiger partial charge in [-0.1, -0.05) is 0 Å². The van der Waals surface area contributed by atoms with Crippen molar-refractivity contribution in [3.8, 4) is 0 Å². The van der Waals surface area contributed by atoms with Crippen LogP contribution in [0.2, 0.25) is 0 Å². The molecule has 0 aliphatic carbocycles. The molecule has 2 amide bonds. The molecule has 0 aliphatic rings.